The number of hydrogen-bond donors (Lipinski definition) is 0. The molecule has 0 fully saturated rings. The summed E-state index contributed by atoms with van der Waals surface area (Å²) in [5, 5.41) is 1.33. The van der Waals surface area contributed by atoms with Crippen molar-refractivity contribution in [2.45, 2.75) is 63.8 Å². The fraction of sp³-hybridized carbons (Fsp3) is 0.385. The molecule has 3 heteroatoms. The van der Waals surface area contributed by atoms with Gasteiger partial charge in [0, 0.05) is 5.41 Å². The van der Waals surface area contributed by atoms with Crippen LogP contribution in [0, 0.1) is 0 Å². The van der Waals surface area contributed by atoms with Crippen molar-refractivity contribution < 1.29 is 4.57 Å². The highest BCUT2D eigenvalue weighted by molar-refractivity contribution is 5.98. The SMILES string of the molecule is CCC12C=CC1(CC)[n+]1c3ccccc3n3c(C(C)(C)C)nc4cccc2c4c31. The predicted molar refractivity (Wildman–Crippen MR) is 118 cm³/mol. The molecule has 2 aliphatic rings. The van der Waals surface area contributed by atoms with Crippen molar-refractivity contribution in [3.8, 4) is 0 Å². The van der Waals surface area contributed by atoms with E-state index >= 15 is 0 Å². The maximum absolute atomic E-state index is 5.26. The first kappa shape index (κ1) is 17.2. The van der Waals surface area contributed by atoms with Gasteiger partial charge in [-0.05, 0) is 42.7 Å². The number of rotatable bonds is 2. The number of allylic oxidation sites excluding steroid dienone is 2. The maximum Gasteiger partial charge on any atom is 0.299 e. The van der Waals surface area contributed by atoms with E-state index in [2.05, 4.69) is 98.2 Å². The number of nitrogens with zero attached hydrogens (tertiary/aromatic N) is 3. The Bertz CT molecular complexity index is 1370. The van der Waals surface area contributed by atoms with Crippen LogP contribution in [-0.2, 0) is 16.4 Å². The molecule has 0 saturated heterocycles. The molecule has 0 saturated carbocycles. The van der Waals surface area contributed by atoms with Crippen molar-refractivity contribution in [1.82, 2.24) is 9.38 Å². The van der Waals surface area contributed by atoms with Crippen LogP contribution >= 0.6 is 0 Å². The first-order valence-electron chi connectivity index (χ1n) is 10.9. The normalized spacial score (nSPS) is 25.1. The maximum atomic E-state index is 5.26. The zero-order valence-electron chi connectivity index (χ0n) is 18.0. The van der Waals surface area contributed by atoms with Crippen LogP contribution in [0.3, 0.4) is 0 Å². The zero-order valence-corrected chi connectivity index (χ0v) is 18.0. The summed E-state index contributed by atoms with van der Waals surface area (Å²) in [7, 11) is 0. The summed E-state index contributed by atoms with van der Waals surface area (Å²) >= 11 is 0. The van der Waals surface area contributed by atoms with Gasteiger partial charge in [-0.1, -0.05) is 65.0 Å². The van der Waals surface area contributed by atoms with E-state index in [1.165, 1.54) is 27.6 Å². The summed E-state index contributed by atoms with van der Waals surface area (Å²) in [5.74, 6) is 1.13. The van der Waals surface area contributed by atoms with Crippen LogP contribution in [0.25, 0.3) is 27.6 Å². The van der Waals surface area contributed by atoms with Gasteiger partial charge in [-0.25, -0.2) is 9.55 Å². The minimum absolute atomic E-state index is 0.0199. The van der Waals surface area contributed by atoms with E-state index in [0.717, 1.165) is 24.2 Å². The Morgan fingerprint density at radius 1 is 0.966 bits per heavy atom. The Kier molecular flexibility index (Phi) is 3.01. The lowest BCUT2D eigenvalue weighted by molar-refractivity contribution is -0.722. The van der Waals surface area contributed by atoms with Gasteiger partial charge in [-0.15, -0.1) is 0 Å². The summed E-state index contributed by atoms with van der Waals surface area (Å²) in [6.07, 6.45) is 7.09. The van der Waals surface area contributed by atoms with Gasteiger partial charge in [0.1, 0.15) is 5.54 Å². The van der Waals surface area contributed by atoms with Crippen molar-refractivity contribution in [2.24, 2.45) is 0 Å². The number of imidazole rings is 1. The van der Waals surface area contributed by atoms with Gasteiger partial charge < -0.3 is 0 Å². The van der Waals surface area contributed by atoms with Gasteiger partial charge in [0.2, 0.25) is 5.82 Å². The lowest BCUT2D eigenvalue weighted by atomic mass is 9.53. The van der Waals surface area contributed by atoms with Crippen LogP contribution < -0.4 is 4.57 Å². The molecule has 0 radical (unpaired) electrons. The quantitative estimate of drug-likeness (QED) is 0.328. The summed E-state index contributed by atoms with van der Waals surface area (Å²) in [5.41, 5.74) is 6.41. The monoisotopic (exact) mass is 382 g/mol. The van der Waals surface area contributed by atoms with Crippen molar-refractivity contribution in [1.29, 1.82) is 0 Å². The molecule has 3 heterocycles. The smallest absolute Gasteiger partial charge is 0.212 e. The second-order valence-corrected chi connectivity index (χ2v) is 9.80. The Morgan fingerprint density at radius 3 is 2.41 bits per heavy atom. The van der Waals surface area contributed by atoms with Crippen molar-refractivity contribution in [3.63, 3.8) is 0 Å². The summed E-state index contributed by atoms with van der Waals surface area (Å²) < 4.78 is 5.10. The third kappa shape index (κ3) is 1.69. The van der Waals surface area contributed by atoms with Crippen LogP contribution in [0.5, 0.6) is 0 Å². The Hall–Kier alpha value is -2.68. The van der Waals surface area contributed by atoms with Gasteiger partial charge in [0.15, 0.2) is 11.0 Å². The highest BCUT2D eigenvalue weighted by Crippen LogP contribution is 2.57. The minimum Gasteiger partial charge on any atom is -0.212 e. The standard InChI is InChI=1S/C26H28N3/c1-6-25-15-16-26(25,7-2)29-20-14-9-8-13-19(20)28-22(29)21-17(25)11-10-12-18(21)27-23(28)24(3,4)5/h8-16H,6-7H2,1-5H3/q+1. The number of para-hydroxylation sites is 2. The van der Waals surface area contributed by atoms with Crippen LogP contribution in [0.15, 0.2) is 54.6 Å². The van der Waals surface area contributed by atoms with E-state index in [4.69, 9.17) is 4.98 Å². The molecule has 0 spiro atoms. The molecule has 0 bridgehead atoms. The topological polar surface area (TPSA) is 21.2 Å². The van der Waals surface area contributed by atoms with E-state index in [1.807, 2.05) is 0 Å². The Balaban J connectivity index is 2.00. The summed E-state index contributed by atoms with van der Waals surface area (Å²) in [6, 6.07) is 15.6. The first-order valence-corrected chi connectivity index (χ1v) is 10.9. The minimum atomic E-state index is -0.0576. The van der Waals surface area contributed by atoms with E-state index in [-0.39, 0.29) is 16.4 Å². The third-order valence-corrected chi connectivity index (χ3v) is 7.55. The van der Waals surface area contributed by atoms with E-state index < -0.39 is 0 Å². The molecule has 2 aromatic carbocycles. The molecule has 3 nitrogen and oxygen atoms in total. The van der Waals surface area contributed by atoms with E-state index in [1.54, 1.807) is 0 Å². The molecule has 2 unspecified atom stereocenters. The molecule has 6 rings (SSSR count). The number of benzene rings is 2. The van der Waals surface area contributed by atoms with Gasteiger partial charge >= 0.3 is 0 Å². The second-order valence-electron chi connectivity index (χ2n) is 9.80. The van der Waals surface area contributed by atoms with Crippen LogP contribution in [0.4, 0.5) is 0 Å². The number of aromatic nitrogens is 3. The van der Waals surface area contributed by atoms with Crippen molar-refractivity contribution in [2.75, 3.05) is 0 Å². The molecule has 4 aromatic rings. The summed E-state index contributed by atoms with van der Waals surface area (Å²) in [4.78, 5) is 5.26. The molecule has 0 amide bonds. The molecule has 29 heavy (non-hydrogen) atoms. The lowest BCUT2D eigenvalue weighted by Crippen LogP contribution is -2.71. The number of hydrogen-bond acceptors (Lipinski definition) is 1. The molecule has 2 aromatic heterocycles. The highest BCUT2D eigenvalue weighted by Gasteiger charge is 2.62. The first-order chi connectivity index (χ1) is 13.9. The van der Waals surface area contributed by atoms with Crippen LogP contribution in [-0.4, -0.2) is 9.38 Å². The predicted octanol–water partition coefficient (Wildman–Crippen LogP) is 5.56. The fourth-order valence-electron chi connectivity index (χ4n) is 6.20. The lowest BCUT2D eigenvalue weighted by Gasteiger charge is -2.53. The molecule has 146 valence electrons. The highest BCUT2D eigenvalue weighted by atomic mass is 15.2. The fourth-order valence-corrected chi connectivity index (χ4v) is 6.20. The average Bonchev–Trinajstić information content (AvgIpc) is 3.03. The van der Waals surface area contributed by atoms with Crippen molar-refractivity contribution in [3.05, 3.63) is 66.0 Å². The zero-order chi connectivity index (χ0) is 20.2. The average molecular weight is 383 g/mol. The van der Waals surface area contributed by atoms with Gasteiger partial charge in [-0.2, -0.15) is 4.40 Å². The molecular weight excluding hydrogens is 354 g/mol. The van der Waals surface area contributed by atoms with Gasteiger partial charge in [-0.3, -0.25) is 0 Å². The Labute approximate surface area is 171 Å². The molecule has 1 aliphatic heterocycles. The largest absolute Gasteiger partial charge is 0.299 e. The van der Waals surface area contributed by atoms with Crippen molar-refractivity contribution >= 4 is 27.6 Å². The summed E-state index contributed by atoms with van der Waals surface area (Å²) in [6.45, 7) is 11.5. The number of fused-ring (bicyclic) bond motifs is 6. The molecular formula is C26H28N3+. The Morgan fingerprint density at radius 2 is 1.76 bits per heavy atom. The molecule has 2 atom stereocenters. The molecule has 1 aliphatic carbocycles. The van der Waals surface area contributed by atoms with Crippen LogP contribution in [0.1, 0.15) is 58.8 Å². The molecule has 0 N–H and O–H groups in total. The van der Waals surface area contributed by atoms with Gasteiger partial charge in [0.05, 0.1) is 16.3 Å². The van der Waals surface area contributed by atoms with E-state index in [0.29, 0.717) is 0 Å². The van der Waals surface area contributed by atoms with E-state index in [9.17, 15) is 0 Å². The third-order valence-electron chi connectivity index (χ3n) is 7.55. The van der Waals surface area contributed by atoms with Gasteiger partial charge in [0.25, 0.3) is 5.65 Å². The second kappa shape index (κ2) is 5.08. The van der Waals surface area contributed by atoms with Crippen LogP contribution in [0.2, 0.25) is 0 Å².